The molecular weight excluding hydrogens is 258 g/mol. The van der Waals surface area contributed by atoms with E-state index in [2.05, 4.69) is 64.7 Å². The summed E-state index contributed by atoms with van der Waals surface area (Å²) < 4.78 is 0. The van der Waals surface area contributed by atoms with E-state index in [1.807, 2.05) is 12.3 Å². The number of anilines is 3. The van der Waals surface area contributed by atoms with E-state index in [0.717, 1.165) is 35.2 Å². The fraction of sp³-hybridized carbons (Fsp3) is 0.167. The third-order valence-electron chi connectivity index (χ3n) is 4.12. The van der Waals surface area contributed by atoms with Crippen LogP contribution < -0.4 is 10.2 Å². The molecule has 4 rings (SSSR count). The van der Waals surface area contributed by atoms with Gasteiger partial charge in [0.1, 0.15) is 0 Å². The van der Waals surface area contributed by atoms with Crippen molar-refractivity contribution in [1.29, 1.82) is 0 Å². The van der Waals surface area contributed by atoms with Crippen LogP contribution in [0.4, 0.5) is 17.1 Å². The molecule has 0 saturated heterocycles. The second-order valence-electron chi connectivity index (χ2n) is 5.52. The summed E-state index contributed by atoms with van der Waals surface area (Å²) in [5, 5.41) is 4.67. The molecule has 0 saturated carbocycles. The Morgan fingerprint density at radius 1 is 1.10 bits per heavy atom. The molecular formula is C18H17N3. The van der Waals surface area contributed by atoms with E-state index in [0.29, 0.717) is 0 Å². The van der Waals surface area contributed by atoms with Gasteiger partial charge in [-0.3, -0.25) is 4.98 Å². The number of benzene rings is 2. The SMILES string of the molecule is CN1CCc2cc(Nc3cccc4cccnc34)ccc21. The van der Waals surface area contributed by atoms with Crippen LogP contribution in [0.3, 0.4) is 0 Å². The Balaban J connectivity index is 1.72. The van der Waals surface area contributed by atoms with Crippen LogP contribution in [0.15, 0.2) is 54.7 Å². The first-order valence-electron chi connectivity index (χ1n) is 7.26. The highest BCUT2D eigenvalue weighted by atomic mass is 15.1. The van der Waals surface area contributed by atoms with Gasteiger partial charge in [-0.25, -0.2) is 0 Å². The molecule has 104 valence electrons. The van der Waals surface area contributed by atoms with Gasteiger partial charge in [-0.05, 0) is 42.3 Å². The minimum absolute atomic E-state index is 1.01. The normalized spacial score (nSPS) is 13.5. The number of hydrogen-bond acceptors (Lipinski definition) is 3. The predicted octanol–water partition coefficient (Wildman–Crippen LogP) is 3.97. The van der Waals surface area contributed by atoms with Crippen molar-refractivity contribution >= 4 is 28.0 Å². The lowest BCUT2D eigenvalue weighted by Crippen LogP contribution is -2.12. The standard InChI is InChI=1S/C18H17N3/c1-21-11-9-14-12-15(7-8-17(14)21)20-16-6-2-4-13-5-3-10-19-18(13)16/h2-8,10,12,20H,9,11H2,1H3. The second-order valence-corrected chi connectivity index (χ2v) is 5.52. The van der Waals surface area contributed by atoms with E-state index in [9.17, 15) is 0 Å². The van der Waals surface area contributed by atoms with Crippen LogP contribution in [0, 0.1) is 0 Å². The maximum Gasteiger partial charge on any atom is 0.0936 e. The number of hydrogen-bond donors (Lipinski definition) is 1. The lowest BCUT2D eigenvalue weighted by Gasteiger charge is -2.13. The third-order valence-corrected chi connectivity index (χ3v) is 4.12. The molecule has 0 atom stereocenters. The second kappa shape index (κ2) is 4.77. The molecule has 21 heavy (non-hydrogen) atoms. The number of aromatic nitrogens is 1. The zero-order chi connectivity index (χ0) is 14.2. The van der Waals surface area contributed by atoms with Crippen LogP contribution in [0.1, 0.15) is 5.56 Å². The van der Waals surface area contributed by atoms with Gasteiger partial charge in [0.05, 0.1) is 11.2 Å². The first-order valence-corrected chi connectivity index (χ1v) is 7.26. The van der Waals surface area contributed by atoms with Crippen LogP contribution in [0.2, 0.25) is 0 Å². The van der Waals surface area contributed by atoms with E-state index >= 15 is 0 Å². The summed E-state index contributed by atoms with van der Waals surface area (Å²) in [5.74, 6) is 0. The minimum Gasteiger partial charge on any atom is -0.374 e. The molecule has 0 amide bonds. The molecule has 0 fully saturated rings. The Kier molecular flexibility index (Phi) is 2.78. The van der Waals surface area contributed by atoms with Crippen LogP contribution in [0.25, 0.3) is 10.9 Å². The van der Waals surface area contributed by atoms with E-state index in [-0.39, 0.29) is 0 Å². The lowest BCUT2D eigenvalue weighted by molar-refractivity contribution is 0.956. The number of likely N-dealkylation sites (N-methyl/N-ethyl adjacent to an activating group) is 1. The van der Waals surface area contributed by atoms with E-state index < -0.39 is 0 Å². The fourth-order valence-electron chi connectivity index (χ4n) is 3.01. The minimum atomic E-state index is 1.01. The molecule has 3 aromatic rings. The summed E-state index contributed by atoms with van der Waals surface area (Å²) >= 11 is 0. The maximum absolute atomic E-state index is 4.49. The summed E-state index contributed by atoms with van der Waals surface area (Å²) in [6, 6.07) is 16.9. The van der Waals surface area contributed by atoms with Crippen molar-refractivity contribution in [2.45, 2.75) is 6.42 Å². The Bertz CT molecular complexity index is 805. The largest absolute Gasteiger partial charge is 0.374 e. The smallest absolute Gasteiger partial charge is 0.0936 e. The summed E-state index contributed by atoms with van der Waals surface area (Å²) in [7, 11) is 2.15. The zero-order valence-electron chi connectivity index (χ0n) is 12.0. The Morgan fingerprint density at radius 3 is 2.95 bits per heavy atom. The fourth-order valence-corrected chi connectivity index (χ4v) is 3.01. The van der Waals surface area contributed by atoms with Crippen molar-refractivity contribution in [3.63, 3.8) is 0 Å². The highest BCUT2D eigenvalue weighted by Crippen LogP contribution is 2.31. The van der Waals surface area contributed by atoms with Gasteiger partial charge in [0.2, 0.25) is 0 Å². The zero-order valence-corrected chi connectivity index (χ0v) is 12.0. The first kappa shape index (κ1) is 12.2. The molecule has 0 bridgehead atoms. The molecule has 1 N–H and O–H groups in total. The average Bonchev–Trinajstić information content (AvgIpc) is 2.89. The van der Waals surface area contributed by atoms with Crippen LogP contribution >= 0.6 is 0 Å². The molecule has 2 heterocycles. The predicted molar refractivity (Wildman–Crippen MR) is 88.4 cm³/mol. The maximum atomic E-state index is 4.49. The highest BCUT2D eigenvalue weighted by molar-refractivity contribution is 5.92. The molecule has 0 radical (unpaired) electrons. The van der Waals surface area contributed by atoms with E-state index in [1.54, 1.807) is 0 Å². The Labute approximate surface area is 124 Å². The van der Waals surface area contributed by atoms with Gasteiger partial charge in [-0.1, -0.05) is 18.2 Å². The van der Waals surface area contributed by atoms with Gasteiger partial charge in [-0.2, -0.15) is 0 Å². The summed E-state index contributed by atoms with van der Waals surface area (Å²) in [4.78, 5) is 6.80. The molecule has 0 unspecified atom stereocenters. The highest BCUT2D eigenvalue weighted by Gasteiger charge is 2.15. The molecule has 3 heteroatoms. The summed E-state index contributed by atoms with van der Waals surface area (Å²) in [6.07, 6.45) is 2.96. The molecule has 1 aliphatic heterocycles. The van der Waals surface area contributed by atoms with Crippen LogP contribution in [0.5, 0.6) is 0 Å². The number of para-hydroxylation sites is 1. The summed E-state index contributed by atoms with van der Waals surface area (Å²) in [5.41, 5.74) is 5.95. The monoisotopic (exact) mass is 275 g/mol. The Morgan fingerprint density at radius 2 is 2.00 bits per heavy atom. The van der Waals surface area contributed by atoms with Crippen molar-refractivity contribution in [3.05, 3.63) is 60.3 Å². The molecule has 3 nitrogen and oxygen atoms in total. The number of nitrogens with one attached hydrogen (secondary N) is 1. The molecule has 0 spiro atoms. The lowest BCUT2D eigenvalue weighted by atomic mass is 10.1. The van der Waals surface area contributed by atoms with Gasteiger partial charge in [0.15, 0.2) is 0 Å². The number of rotatable bonds is 2. The first-order chi connectivity index (χ1) is 10.3. The van der Waals surface area contributed by atoms with Gasteiger partial charge >= 0.3 is 0 Å². The van der Waals surface area contributed by atoms with Crippen molar-refractivity contribution in [2.75, 3.05) is 23.8 Å². The van der Waals surface area contributed by atoms with Crippen molar-refractivity contribution in [2.24, 2.45) is 0 Å². The van der Waals surface area contributed by atoms with Crippen LogP contribution in [-0.4, -0.2) is 18.6 Å². The van der Waals surface area contributed by atoms with Gasteiger partial charge < -0.3 is 10.2 Å². The van der Waals surface area contributed by atoms with Crippen molar-refractivity contribution in [1.82, 2.24) is 4.98 Å². The van der Waals surface area contributed by atoms with Crippen molar-refractivity contribution < 1.29 is 0 Å². The van der Waals surface area contributed by atoms with E-state index in [1.165, 1.54) is 11.3 Å². The molecule has 1 aromatic heterocycles. The topological polar surface area (TPSA) is 28.2 Å². The molecule has 2 aromatic carbocycles. The molecule has 1 aliphatic rings. The van der Waals surface area contributed by atoms with Gasteiger partial charge in [-0.15, -0.1) is 0 Å². The van der Waals surface area contributed by atoms with Crippen molar-refractivity contribution in [3.8, 4) is 0 Å². The number of nitrogens with zero attached hydrogens (tertiary/aromatic N) is 2. The van der Waals surface area contributed by atoms with Gasteiger partial charge in [0.25, 0.3) is 0 Å². The van der Waals surface area contributed by atoms with E-state index in [4.69, 9.17) is 0 Å². The van der Waals surface area contributed by atoms with Gasteiger partial charge in [0, 0.05) is 36.6 Å². The number of fused-ring (bicyclic) bond motifs is 2. The van der Waals surface area contributed by atoms with Crippen LogP contribution in [-0.2, 0) is 6.42 Å². The number of pyridine rings is 1. The summed E-state index contributed by atoms with van der Waals surface area (Å²) in [6.45, 7) is 1.11. The average molecular weight is 275 g/mol. The quantitative estimate of drug-likeness (QED) is 0.767. The Hall–Kier alpha value is -2.55. The molecule has 0 aliphatic carbocycles. The third kappa shape index (κ3) is 2.11.